The van der Waals surface area contributed by atoms with Crippen LogP contribution in [0, 0.1) is 0 Å². The van der Waals surface area contributed by atoms with Crippen molar-refractivity contribution < 1.29 is 19.4 Å². The highest BCUT2D eigenvalue weighted by atomic mass is 35.5. The fraction of sp³-hybridized carbons (Fsp3) is 0.348. The number of carbonyl (C=O) groups excluding carboxylic acids is 2. The third-order valence-electron chi connectivity index (χ3n) is 5.67. The van der Waals surface area contributed by atoms with Gasteiger partial charge in [-0.05, 0) is 17.7 Å². The van der Waals surface area contributed by atoms with E-state index >= 15 is 0 Å². The van der Waals surface area contributed by atoms with Gasteiger partial charge in [-0.2, -0.15) is 0 Å². The monoisotopic (exact) mass is 500 g/mol. The molecule has 0 saturated carbocycles. The van der Waals surface area contributed by atoms with Crippen LogP contribution in [0.15, 0.2) is 45.5 Å². The predicted octanol–water partition coefficient (Wildman–Crippen LogP) is 2.14. The number of hydrogen-bond acceptors (Lipinski definition) is 7. The first kappa shape index (κ1) is 24.6. The van der Waals surface area contributed by atoms with Crippen molar-refractivity contribution in [2.45, 2.75) is 6.42 Å². The zero-order valence-electron chi connectivity index (χ0n) is 19.1. The number of carbonyl (C=O) groups is 2. The molecule has 1 fully saturated rings. The van der Waals surface area contributed by atoms with Gasteiger partial charge in [-0.3, -0.25) is 19.3 Å². The Bertz CT molecular complexity index is 1340. The number of rotatable bonds is 7. The Morgan fingerprint density at radius 1 is 1.26 bits per heavy atom. The zero-order valence-corrected chi connectivity index (χ0v) is 19.8. The van der Waals surface area contributed by atoms with E-state index in [4.69, 9.17) is 16.3 Å². The van der Waals surface area contributed by atoms with Crippen LogP contribution in [0.5, 0.6) is 5.88 Å². The van der Waals surface area contributed by atoms with E-state index in [0.29, 0.717) is 42.8 Å². The number of ether oxygens (including phenoxy) is 1. The number of azo groups is 1. The van der Waals surface area contributed by atoms with E-state index < -0.39 is 5.91 Å². The standard InChI is InChI=1S/C23H25ClN6O5/c1-29-13-14(2-3-20(29)32)10-19(31)27-28-21-16-11-15(17(24)12-18(16)26-23(21)34)22(33)25-4-5-30-6-8-35-9-7-30/h2-3,11-13,26,34H,4-10H2,1H3,(H,25,33). The number of aryl methyl sites for hydroxylation is 1. The third-order valence-corrected chi connectivity index (χ3v) is 5.98. The van der Waals surface area contributed by atoms with Crippen LogP contribution in [0.3, 0.4) is 0 Å². The first-order chi connectivity index (χ1) is 16.8. The van der Waals surface area contributed by atoms with E-state index in [-0.39, 0.29) is 40.0 Å². The normalized spacial score (nSPS) is 14.6. The average Bonchev–Trinajstić information content (AvgIpc) is 3.13. The van der Waals surface area contributed by atoms with Crippen LogP contribution >= 0.6 is 11.6 Å². The molecule has 1 aliphatic heterocycles. The second kappa shape index (κ2) is 10.8. The Labute approximate surface area is 205 Å². The SMILES string of the molecule is Cn1cc(CC(=O)N=Nc2c(O)[nH]c3cc(Cl)c(C(=O)NCCN4CCOCC4)cc23)ccc1=O. The highest BCUT2D eigenvalue weighted by Crippen LogP contribution is 2.38. The number of fused-ring (bicyclic) bond motifs is 1. The molecule has 2 amide bonds. The number of aromatic amines is 1. The molecule has 1 aromatic carbocycles. The quantitative estimate of drug-likeness (QED) is 0.424. The molecule has 2 aromatic heterocycles. The first-order valence-electron chi connectivity index (χ1n) is 11.0. The molecule has 1 saturated heterocycles. The van der Waals surface area contributed by atoms with E-state index in [9.17, 15) is 19.5 Å². The van der Waals surface area contributed by atoms with Crippen molar-refractivity contribution in [3.63, 3.8) is 0 Å². The van der Waals surface area contributed by atoms with E-state index in [1.54, 1.807) is 19.3 Å². The molecule has 35 heavy (non-hydrogen) atoms. The van der Waals surface area contributed by atoms with Gasteiger partial charge in [0, 0.05) is 50.9 Å². The van der Waals surface area contributed by atoms with Crippen molar-refractivity contribution in [1.82, 2.24) is 19.8 Å². The smallest absolute Gasteiger partial charge is 0.269 e. The molecule has 12 heteroatoms. The zero-order chi connectivity index (χ0) is 24.9. The molecule has 1 aliphatic rings. The molecule has 0 spiro atoms. The molecule has 4 rings (SSSR count). The fourth-order valence-corrected chi connectivity index (χ4v) is 4.03. The predicted molar refractivity (Wildman–Crippen MR) is 129 cm³/mol. The van der Waals surface area contributed by atoms with Crippen molar-refractivity contribution >= 4 is 40.0 Å². The van der Waals surface area contributed by atoms with Crippen LogP contribution in [0.2, 0.25) is 5.02 Å². The van der Waals surface area contributed by atoms with Gasteiger partial charge in [0.15, 0.2) is 5.69 Å². The number of aromatic nitrogens is 2. The second-order valence-electron chi connectivity index (χ2n) is 8.17. The van der Waals surface area contributed by atoms with Crippen LogP contribution in [-0.2, 0) is 23.0 Å². The topological polar surface area (TPSA) is 141 Å². The summed E-state index contributed by atoms with van der Waals surface area (Å²) in [6, 6.07) is 5.93. The first-order valence-corrected chi connectivity index (χ1v) is 11.4. The lowest BCUT2D eigenvalue weighted by Crippen LogP contribution is -2.41. The van der Waals surface area contributed by atoms with Gasteiger partial charge in [0.25, 0.3) is 11.8 Å². The van der Waals surface area contributed by atoms with Crippen molar-refractivity contribution in [1.29, 1.82) is 0 Å². The molecule has 3 aromatic rings. The number of morpholine rings is 1. The highest BCUT2D eigenvalue weighted by Gasteiger charge is 2.18. The molecule has 0 bridgehead atoms. The summed E-state index contributed by atoms with van der Waals surface area (Å²) >= 11 is 6.31. The molecule has 184 valence electrons. The second-order valence-corrected chi connectivity index (χ2v) is 8.57. The molecular formula is C23H25ClN6O5. The molecular weight excluding hydrogens is 476 g/mol. The Morgan fingerprint density at radius 2 is 2.03 bits per heavy atom. The molecule has 0 radical (unpaired) electrons. The minimum atomic E-state index is -0.563. The van der Waals surface area contributed by atoms with E-state index in [0.717, 1.165) is 13.1 Å². The van der Waals surface area contributed by atoms with Gasteiger partial charge in [-0.25, -0.2) is 0 Å². The summed E-state index contributed by atoms with van der Waals surface area (Å²) in [6.07, 6.45) is 1.48. The number of benzene rings is 1. The number of halogens is 1. The Hall–Kier alpha value is -3.54. The van der Waals surface area contributed by atoms with Crippen molar-refractivity contribution in [2.24, 2.45) is 17.3 Å². The van der Waals surface area contributed by atoms with E-state index in [1.165, 1.54) is 22.8 Å². The number of aromatic hydroxyl groups is 1. The number of nitrogens with zero attached hydrogens (tertiary/aromatic N) is 4. The summed E-state index contributed by atoms with van der Waals surface area (Å²) in [7, 11) is 1.59. The summed E-state index contributed by atoms with van der Waals surface area (Å²) in [4.78, 5) is 41.5. The highest BCUT2D eigenvalue weighted by molar-refractivity contribution is 6.34. The van der Waals surface area contributed by atoms with Crippen LogP contribution in [0.4, 0.5) is 5.69 Å². The van der Waals surface area contributed by atoms with Crippen molar-refractivity contribution in [2.75, 3.05) is 39.4 Å². The van der Waals surface area contributed by atoms with Crippen molar-refractivity contribution in [3.8, 4) is 5.88 Å². The maximum absolute atomic E-state index is 12.7. The van der Waals surface area contributed by atoms with Gasteiger partial charge >= 0.3 is 0 Å². The number of nitrogens with one attached hydrogen (secondary N) is 2. The number of H-pyrrole nitrogens is 1. The minimum Gasteiger partial charge on any atom is -0.493 e. The van der Waals surface area contributed by atoms with Crippen LogP contribution in [0.1, 0.15) is 15.9 Å². The van der Waals surface area contributed by atoms with E-state index in [1.807, 2.05) is 0 Å². The summed E-state index contributed by atoms with van der Waals surface area (Å²) in [5, 5.41) is 21.4. The van der Waals surface area contributed by atoms with Crippen LogP contribution in [-0.4, -0.2) is 70.8 Å². The maximum Gasteiger partial charge on any atom is 0.269 e. The van der Waals surface area contributed by atoms with Gasteiger partial charge in [0.05, 0.1) is 35.7 Å². The number of hydrogen-bond donors (Lipinski definition) is 3. The lowest BCUT2D eigenvalue weighted by atomic mass is 10.1. The lowest BCUT2D eigenvalue weighted by Gasteiger charge is -2.26. The van der Waals surface area contributed by atoms with Crippen LogP contribution in [0.25, 0.3) is 10.9 Å². The van der Waals surface area contributed by atoms with Gasteiger partial charge in [0.2, 0.25) is 11.4 Å². The van der Waals surface area contributed by atoms with Crippen LogP contribution < -0.4 is 10.9 Å². The summed E-state index contributed by atoms with van der Waals surface area (Å²) in [5.74, 6) is -1.23. The summed E-state index contributed by atoms with van der Waals surface area (Å²) in [5.41, 5.74) is 1.09. The largest absolute Gasteiger partial charge is 0.493 e. The molecule has 0 atom stereocenters. The lowest BCUT2D eigenvalue weighted by molar-refractivity contribution is -0.117. The maximum atomic E-state index is 12.7. The molecule has 0 unspecified atom stereocenters. The Morgan fingerprint density at radius 3 is 2.77 bits per heavy atom. The molecule has 0 aliphatic carbocycles. The molecule has 3 heterocycles. The van der Waals surface area contributed by atoms with Gasteiger partial charge in [-0.15, -0.1) is 10.2 Å². The van der Waals surface area contributed by atoms with Gasteiger partial charge < -0.3 is 24.7 Å². The average molecular weight is 501 g/mol. The van der Waals surface area contributed by atoms with Crippen molar-refractivity contribution in [3.05, 3.63) is 57.0 Å². The third kappa shape index (κ3) is 5.94. The summed E-state index contributed by atoms with van der Waals surface area (Å²) < 4.78 is 6.68. The number of pyridine rings is 1. The fourth-order valence-electron chi connectivity index (χ4n) is 3.78. The molecule has 11 nitrogen and oxygen atoms in total. The minimum absolute atomic E-state index is 0.0212. The van der Waals surface area contributed by atoms with Gasteiger partial charge in [0.1, 0.15) is 0 Å². The molecule has 3 N–H and O–H groups in total. The summed E-state index contributed by atoms with van der Waals surface area (Å²) in [6.45, 7) is 4.13. The number of amides is 2. The Kier molecular flexibility index (Phi) is 7.59. The van der Waals surface area contributed by atoms with E-state index in [2.05, 4.69) is 25.4 Å². The Balaban J connectivity index is 1.48. The van der Waals surface area contributed by atoms with Gasteiger partial charge in [-0.1, -0.05) is 17.7 Å².